The number of nitrogens with one attached hydrogen (secondary N) is 3. The van der Waals surface area contributed by atoms with Crippen LogP contribution in [0.4, 0.5) is 24.5 Å². The average Bonchev–Trinajstić information content (AvgIpc) is 3.76. The van der Waals surface area contributed by atoms with Crippen molar-refractivity contribution < 1.29 is 22.8 Å². The summed E-state index contributed by atoms with van der Waals surface area (Å²) in [6.07, 6.45) is 12.1. The highest BCUT2D eigenvalue weighted by atomic mass is 35.5. The molecule has 0 spiro atoms. The van der Waals surface area contributed by atoms with Gasteiger partial charge in [0.2, 0.25) is 11.8 Å². The lowest BCUT2D eigenvalue weighted by Gasteiger charge is -2.18. The Morgan fingerprint density at radius 1 is 0.828 bits per heavy atom. The zero-order chi connectivity index (χ0) is 40.2. The van der Waals surface area contributed by atoms with Crippen molar-refractivity contribution in [3.63, 3.8) is 0 Å². The van der Waals surface area contributed by atoms with E-state index >= 15 is 0 Å². The van der Waals surface area contributed by atoms with Crippen molar-refractivity contribution in [1.29, 1.82) is 0 Å². The second-order valence-corrected chi connectivity index (χ2v) is 14.0. The van der Waals surface area contributed by atoms with Crippen molar-refractivity contribution in [2.24, 2.45) is 4.99 Å². The van der Waals surface area contributed by atoms with Gasteiger partial charge in [0.05, 0.1) is 23.4 Å². The molecular formula is C41H33ClF3N11O2. The quantitative estimate of drug-likeness (QED) is 0.137. The first-order valence-electron chi connectivity index (χ1n) is 18.1. The lowest BCUT2D eigenvalue weighted by atomic mass is 10.0. The van der Waals surface area contributed by atoms with E-state index in [1.54, 1.807) is 23.1 Å². The molecule has 3 N–H and O–H groups in total. The van der Waals surface area contributed by atoms with E-state index < -0.39 is 22.7 Å². The van der Waals surface area contributed by atoms with Crippen LogP contribution in [0.1, 0.15) is 47.0 Å². The molecule has 2 amide bonds. The molecule has 1 fully saturated rings. The van der Waals surface area contributed by atoms with Crippen molar-refractivity contribution in [3.8, 4) is 11.1 Å². The summed E-state index contributed by atoms with van der Waals surface area (Å²) in [7, 11) is 0. The first kappa shape index (κ1) is 38.1. The average molecular weight is 804 g/mol. The first-order chi connectivity index (χ1) is 28.0. The molecule has 6 heterocycles. The molecule has 9 rings (SSSR count). The molecule has 6 aromatic rings. The van der Waals surface area contributed by atoms with Crippen LogP contribution in [0, 0.1) is 0 Å². The molecule has 4 aromatic heterocycles. The minimum absolute atomic E-state index is 0.0186. The van der Waals surface area contributed by atoms with E-state index in [0.29, 0.717) is 12.3 Å². The summed E-state index contributed by atoms with van der Waals surface area (Å²) in [4.78, 5) is 45.8. The smallest absolute Gasteiger partial charge is 0.326 e. The fourth-order valence-corrected chi connectivity index (χ4v) is 6.42. The van der Waals surface area contributed by atoms with Crippen molar-refractivity contribution in [2.75, 3.05) is 17.3 Å². The minimum Gasteiger partial charge on any atom is -0.326 e. The van der Waals surface area contributed by atoms with Crippen LogP contribution in [0.2, 0.25) is 5.02 Å². The second-order valence-electron chi connectivity index (χ2n) is 13.6. The number of alkyl halides is 3. The van der Waals surface area contributed by atoms with Crippen molar-refractivity contribution in [3.05, 3.63) is 149 Å². The van der Waals surface area contributed by atoms with Crippen LogP contribution in [0.3, 0.4) is 0 Å². The van der Waals surface area contributed by atoms with Crippen LogP contribution >= 0.6 is 11.6 Å². The number of fused-ring (bicyclic) bond motifs is 2. The number of aliphatic imine (C=N–C) groups is 1. The third kappa shape index (κ3) is 9.25. The molecule has 0 bridgehead atoms. The molecule has 1 saturated carbocycles. The highest BCUT2D eigenvalue weighted by Gasteiger charge is 2.33. The van der Waals surface area contributed by atoms with Gasteiger partial charge in [-0.25, -0.2) is 29.9 Å². The van der Waals surface area contributed by atoms with E-state index in [1.165, 1.54) is 30.8 Å². The summed E-state index contributed by atoms with van der Waals surface area (Å²) in [5, 5.41) is 10.8. The van der Waals surface area contributed by atoms with E-state index in [-0.39, 0.29) is 30.3 Å². The van der Waals surface area contributed by atoms with Gasteiger partial charge in [-0.2, -0.15) is 18.3 Å². The summed E-state index contributed by atoms with van der Waals surface area (Å²) < 4.78 is 40.4. The van der Waals surface area contributed by atoms with E-state index in [4.69, 9.17) is 11.6 Å². The standard InChI is InChI=1S/C22H21N5O.C19H12ClF3N6O/c28-22(26-19-6-3-16(4-7-19)15-1-2-15)12-20-8-5-18(13-23-20)17-9-10-27-21(11-17)24-14-25-27;20-15-2-1-13(6-14(15)19(21,22)23)28-18(30)7-16-24-8-12(9-25-16)11-3-4-29-17(5-11)26-10-27-29/h3-11,13,15,25H,1-2,12,14H2,(H,26,28);1-6,8-10H,7H2,(H,28,30). The highest BCUT2D eigenvalue weighted by molar-refractivity contribution is 6.31. The summed E-state index contributed by atoms with van der Waals surface area (Å²) >= 11 is 5.58. The van der Waals surface area contributed by atoms with E-state index in [9.17, 15) is 22.8 Å². The van der Waals surface area contributed by atoms with Gasteiger partial charge in [0.25, 0.3) is 0 Å². The number of allylic oxidation sites excluding steroid dienone is 2. The van der Waals surface area contributed by atoms with Gasteiger partial charge in [-0.15, -0.1) is 0 Å². The SMILES string of the molecule is O=C(Cc1ccc(C2=CC3=NCNN3C=C2)cn1)Nc1ccc(C2CC2)cc1.O=C(Cc1ncc(-c2ccn3ncnc3c2)cn1)Nc1ccc(Cl)c(C(F)(F)F)c1. The Kier molecular flexibility index (Phi) is 10.8. The Bertz CT molecular complexity index is 2570. The molecule has 0 radical (unpaired) electrons. The summed E-state index contributed by atoms with van der Waals surface area (Å²) in [5.41, 5.74) is 9.30. The van der Waals surface area contributed by atoms with Crippen molar-refractivity contribution in [2.45, 2.75) is 37.8 Å². The Morgan fingerprint density at radius 3 is 2.31 bits per heavy atom. The van der Waals surface area contributed by atoms with Gasteiger partial charge in [-0.05, 0) is 96.1 Å². The Labute approximate surface area is 334 Å². The lowest BCUT2D eigenvalue weighted by molar-refractivity contribution is -0.137. The molecule has 2 aliphatic heterocycles. The fourth-order valence-electron chi connectivity index (χ4n) is 6.20. The number of hydrazine groups is 1. The van der Waals surface area contributed by atoms with Crippen molar-refractivity contribution in [1.82, 2.24) is 40.0 Å². The molecular weight excluding hydrogens is 771 g/mol. The molecule has 3 aliphatic rings. The molecule has 1 aliphatic carbocycles. The van der Waals surface area contributed by atoms with Crippen LogP contribution < -0.4 is 16.1 Å². The molecule has 0 atom stereocenters. The van der Waals surface area contributed by atoms with Crippen molar-refractivity contribution >= 4 is 51.8 Å². The van der Waals surface area contributed by atoms with Crippen LogP contribution in [-0.2, 0) is 28.6 Å². The third-order valence-corrected chi connectivity index (χ3v) is 9.68. The third-order valence-electron chi connectivity index (χ3n) is 9.35. The number of nitrogens with zero attached hydrogens (tertiary/aromatic N) is 8. The number of amidine groups is 1. The Hall–Kier alpha value is -6.78. The predicted octanol–water partition coefficient (Wildman–Crippen LogP) is 7.27. The maximum absolute atomic E-state index is 12.9. The number of pyridine rings is 2. The van der Waals surface area contributed by atoms with Gasteiger partial charge < -0.3 is 10.6 Å². The first-order valence-corrected chi connectivity index (χ1v) is 18.5. The number of carbonyl (C=O) groups excluding carboxylic acids is 2. The molecule has 2 aromatic carbocycles. The summed E-state index contributed by atoms with van der Waals surface area (Å²) in [6.45, 7) is 0.596. The number of rotatable bonds is 9. The molecule has 58 heavy (non-hydrogen) atoms. The van der Waals surface area contributed by atoms with Gasteiger partial charge >= 0.3 is 6.18 Å². The van der Waals surface area contributed by atoms with Crippen LogP contribution in [0.5, 0.6) is 0 Å². The summed E-state index contributed by atoms with van der Waals surface area (Å²) in [6, 6.07) is 18.9. The molecule has 0 unspecified atom stereocenters. The number of halogens is 4. The van der Waals surface area contributed by atoms with Gasteiger partial charge in [-0.3, -0.25) is 19.6 Å². The lowest BCUT2D eigenvalue weighted by Crippen LogP contribution is -2.32. The number of amides is 2. The second kappa shape index (κ2) is 16.4. The topological polar surface area (TPSA) is 155 Å². The number of benzene rings is 2. The molecule has 13 nitrogen and oxygen atoms in total. The van der Waals surface area contributed by atoms with E-state index in [0.717, 1.165) is 57.5 Å². The number of hydrogen-bond donors (Lipinski definition) is 3. The van der Waals surface area contributed by atoms with Gasteiger partial charge in [0, 0.05) is 59.2 Å². The fraction of sp³-hybridized carbons (Fsp3) is 0.171. The Morgan fingerprint density at radius 2 is 1.57 bits per heavy atom. The van der Waals surface area contributed by atoms with E-state index in [1.807, 2.05) is 66.0 Å². The molecule has 292 valence electrons. The number of hydrogen-bond acceptors (Lipinski definition) is 10. The normalized spacial score (nSPS) is 14.6. The van der Waals surface area contributed by atoms with Crippen LogP contribution in [-0.4, -0.2) is 58.9 Å². The summed E-state index contributed by atoms with van der Waals surface area (Å²) in [5.74, 6) is 1.24. The van der Waals surface area contributed by atoms with Gasteiger partial charge in [0.15, 0.2) is 5.65 Å². The number of aromatic nitrogens is 6. The maximum Gasteiger partial charge on any atom is 0.417 e. The zero-order valence-electron chi connectivity index (χ0n) is 30.5. The highest BCUT2D eigenvalue weighted by Crippen LogP contribution is 2.40. The predicted molar refractivity (Wildman–Crippen MR) is 212 cm³/mol. The van der Waals surface area contributed by atoms with Gasteiger partial charge in [-0.1, -0.05) is 29.8 Å². The largest absolute Gasteiger partial charge is 0.417 e. The van der Waals surface area contributed by atoms with Gasteiger partial charge in [0.1, 0.15) is 24.7 Å². The minimum atomic E-state index is -4.62. The molecule has 0 saturated heterocycles. The molecule has 17 heteroatoms. The maximum atomic E-state index is 12.9. The van der Waals surface area contributed by atoms with Crippen LogP contribution in [0.15, 0.2) is 121 Å². The number of anilines is 2. The van der Waals surface area contributed by atoms with Crippen LogP contribution in [0.25, 0.3) is 22.3 Å². The number of carbonyl (C=O) groups is 2. The zero-order valence-corrected chi connectivity index (χ0v) is 31.2. The van der Waals surface area contributed by atoms with E-state index in [2.05, 4.69) is 58.2 Å². The Balaban J connectivity index is 0.000000162. The monoisotopic (exact) mass is 803 g/mol.